The Morgan fingerprint density at radius 1 is 1.50 bits per heavy atom. The van der Waals surface area contributed by atoms with Crippen LogP contribution in [0.3, 0.4) is 0 Å². The van der Waals surface area contributed by atoms with E-state index < -0.39 is 18.5 Å². The Hall–Kier alpha value is -0.820. The lowest BCUT2D eigenvalue weighted by molar-refractivity contribution is -0.336. The Labute approximate surface area is 53.9 Å². The van der Waals surface area contributed by atoms with Gasteiger partial charge in [-0.25, -0.2) is 0 Å². The summed E-state index contributed by atoms with van der Waals surface area (Å²) in [6, 6.07) is 0. The molecule has 1 unspecified atom stereocenters. The van der Waals surface area contributed by atoms with Gasteiger partial charge in [-0.05, 0) is 0 Å². The number of rotatable bonds is 2. The average Bonchev–Trinajstić information content (AvgIpc) is 1.60. The van der Waals surface area contributed by atoms with Gasteiger partial charge in [0.25, 0.3) is 5.91 Å². The first-order valence-corrected chi connectivity index (χ1v) is 2.12. The van der Waals surface area contributed by atoms with Gasteiger partial charge in [-0.15, -0.1) is 13.2 Å². The maximum absolute atomic E-state index is 11.2. The quantitative estimate of drug-likeness (QED) is 0.521. The van der Waals surface area contributed by atoms with Gasteiger partial charge in [0.1, 0.15) is 0 Å². The highest BCUT2D eigenvalue weighted by atomic mass is 19.4. The number of hydrogen-bond donors (Lipinski definition) is 2. The van der Waals surface area contributed by atoms with Gasteiger partial charge in [0.2, 0.25) is 0 Å². The van der Waals surface area contributed by atoms with E-state index in [0.29, 0.717) is 0 Å². The van der Waals surface area contributed by atoms with Gasteiger partial charge in [-0.2, -0.15) is 0 Å². The molecule has 1 atom stereocenters. The van der Waals surface area contributed by atoms with Gasteiger partial charge in [0, 0.05) is 0 Å². The van der Waals surface area contributed by atoms with Crippen LogP contribution in [0.15, 0.2) is 0 Å². The van der Waals surface area contributed by atoms with Crippen LogP contribution in [0, 0.1) is 0 Å². The molecule has 0 aliphatic carbocycles. The van der Waals surface area contributed by atoms with Crippen LogP contribution < -0.4 is 11.5 Å². The maximum atomic E-state index is 11.2. The van der Waals surface area contributed by atoms with Gasteiger partial charge >= 0.3 is 6.36 Å². The van der Waals surface area contributed by atoms with Crippen molar-refractivity contribution >= 4 is 5.91 Å². The first-order valence-electron chi connectivity index (χ1n) is 2.12. The predicted octanol–water partition coefficient (Wildman–Crippen LogP) is -0.707. The van der Waals surface area contributed by atoms with Crippen LogP contribution in [0.1, 0.15) is 0 Å². The van der Waals surface area contributed by atoms with E-state index in [1.807, 2.05) is 0 Å². The first-order chi connectivity index (χ1) is 4.33. The van der Waals surface area contributed by atoms with Crippen LogP contribution in [0.4, 0.5) is 13.2 Å². The maximum Gasteiger partial charge on any atom is 0.524 e. The molecule has 60 valence electrons. The highest BCUT2D eigenvalue weighted by Crippen LogP contribution is 2.16. The van der Waals surface area contributed by atoms with Crippen molar-refractivity contribution in [3.05, 3.63) is 0 Å². The third-order valence-corrected chi connectivity index (χ3v) is 0.541. The molecule has 0 aromatic heterocycles. The predicted molar refractivity (Wildman–Crippen MR) is 24.3 cm³/mol. The number of carbonyl (C=O) groups excluding carboxylic acids is 1. The minimum absolute atomic E-state index is 1.36. The lowest BCUT2D eigenvalue weighted by Gasteiger charge is -2.10. The summed E-state index contributed by atoms with van der Waals surface area (Å²) < 4.78 is 36.5. The van der Waals surface area contributed by atoms with Crippen molar-refractivity contribution in [2.45, 2.75) is 12.6 Å². The summed E-state index contributed by atoms with van der Waals surface area (Å²) in [5, 5.41) is 0. The van der Waals surface area contributed by atoms with E-state index in [1.54, 1.807) is 0 Å². The van der Waals surface area contributed by atoms with Gasteiger partial charge in [-0.1, -0.05) is 0 Å². The Kier molecular flexibility index (Phi) is 2.61. The van der Waals surface area contributed by atoms with Gasteiger partial charge in [-0.3, -0.25) is 15.3 Å². The fraction of sp³-hybridized carbons (Fsp3) is 0.667. The van der Waals surface area contributed by atoms with E-state index in [2.05, 4.69) is 16.2 Å². The third-order valence-electron chi connectivity index (χ3n) is 0.541. The summed E-state index contributed by atoms with van der Waals surface area (Å²) in [5.41, 5.74) is 8.84. The minimum atomic E-state index is -4.92. The zero-order chi connectivity index (χ0) is 8.36. The first kappa shape index (κ1) is 9.18. The number of halogens is 3. The van der Waals surface area contributed by atoms with Crippen molar-refractivity contribution in [1.82, 2.24) is 0 Å². The van der Waals surface area contributed by atoms with E-state index in [4.69, 9.17) is 0 Å². The molecular formula is C3H5F3N2O2. The molecule has 0 aromatic carbocycles. The number of carbonyl (C=O) groups is 1. The molecule has 0 aromatic rings. The Morgan fingerprint density at radius 3 is 2.00 bits per heavy atom. The van der Waals surface area contributed by atoms with Crippen molar-refractivity contribution < 1.29 is 22.7 Å². The fourth-order valence-electron chi connectivity index (χ4n) is 0.202. The number of nitrogens with two attached hydrogens (primary N) is 2. The normalized spacial score (nSPS) is 14.8. The lowest BCUT2D eigenvalue weighted by Crippen LogP contribution is -2.42. The zero-order valence-electron chi connectivity index (χ0n) is 4.68. The highest BCUT2D eigenvalue weighted by Gasteiger charge is 2.34. The highest BCUT2D eigenvalue weighted by molar-refractivity contribution is 5.78. The standard InChI is InChI=1S/C3H5F3N2O2/c4-3(5,6)10-2(8)1(7)9/h2H,8H2,(H2,7,9). The molecular weight excluding hydrogens is 153 g/mol. The van der Waals surface area contributed by atoms with Gasteiger partial charge < -0.3 is 5.73 Å². The molecule has 0 bridgehead atoms. The Bertz CT molecular complexity index is 134. The molecule has 0 aliphatic heterocycles. The number of primary amides is 1. The van der Waals surface area contributed by atoms with Crippen LogP contribution in [0.25, 0.3) is 0 Å². The number of hydrogen-bond acceptors (Lipinski definition) is 3. The molecule has 7 heteroatoms. The summed E-state index contributed by atoms with van der Waals surface area (Å²) in [4.78, 5) is 9.85. The molecule has 4 nitrogen and oxygen atoms in total. The van der Waals surface area contributed by atoms with Crippen LogP contribution in [-0.4, -0.2) is 18.5 Å². The summed E-state index contributed by atoms with van der Waals surface area (Å²) in [7, 11) is 0. The molecule has 1 amide bonds. The average molecular weight is 158 g/mol. The molecule has 0 heterocycles. The summed E-state index contributed by atoms with van der Waals surface area (Å²) in [6.45, 7) is 0. The van der Waals surface area contributed by atoms with Gasteiger partial charge in [0.05, 0.1) is 0 Å². The van der Waals surface area contributed by atoms with Gasteiger partial charge in [0.15, 0.2) is 6.23 Å². The van der Waals surface area contributed by atoms with E-state index in [0.717, 1.165) is 0 Å². The number of amides is 1. The molecule has 0 saturated carbocycles. The molecule has 0 fully saturated rings. The number of ether oxygens (including phenoxy) is 1. The van der Waals surface area contributed by atoms with Crippen LogP contribution in [0.2, 0.25) is 0 Å². The van der Waals surface area contributed by atoms with Crippen molar-refractivity contribution in [3.8, 4) is 0 Å². The smallest absolute Gasteiger partial charge is 0.366 e. The van der Waals surface area contributed by atoms with E-state index >= 15 is 0 Å². The monoisotopic (exact) mass is 158 g/mol. The van der Waals surface area contributed by atoms with Crippen molar-refractivity contribution in [2.24, 2.45) is 11.5 Å². The molecule has 0 rings (SSSR count). The third kappa shape index (κ3) is 4.10. The van der Waals surface area contributed by atoms with E-state index in [9.17, 15) is 18.0 Å². The van der Waals surface area contributed by atoms with Crippen LogP contribution >= 0.6 is 0 Å². The molecule has 4 N–H and O–H groups in total. The Balaban J connectivity index is 3.80. The summed E-state index contributed by atoms with van der Waals surface area (Å²) in [6.07, 6.45) is -7.05. The largest absolute Gasteiger partial charge is 0.524 e. The second-order valence-electron chi connectivity index (χ2n) is 1.39. The SMILES string of the molecule is NC(=O)C(N)OC(F)(F)F. The minimum Gasteiger partial charge on any atom is -0.366 e. The van der Waals surface area contributed by atoms with Crippen LogP contribution in [0.5, 0.6) is 0 Å². The topological polar surface area (TPSA) is 78.3 Å². The second-order valence-corrected chi connectivity index (χ2v) is 1.39. The van der Waals surface area contributed by atoms with Crippen molar-refractivity contribution in [1.29, 1.82) is 0 Å². The summed E-state index contributed by atoms with van der Waals surface area (Å²) in [5.74, 6) is -1.36. The molecule has 10 heavy (non-hydrogen) atoms. The molecule has 0 saturated heterocycles. The van der Waals surface area contributed by atoms with Crippen molar-refractivity contribution in [2.75, 3.05) is 0 Å². The van der Waals surface area contributed by atoms with E-state index in [1.165, 1.54) is 0 Å². The van der Waals surface area contributed by atoms with Crippen molar-refractivity contribution in [3.63, 3.8) is 0 Å². The zero-order valence-corrected chi connectivity index (χ0v) is 4.68. The molecule has 0 aliphatic rings. The lowest BCUT2D eigenvalue weighted by atomic mass is 10.6. The molecule has 0 spiro atoms. The second kappa shape index (κ2) is 2.84. The fourth-order valence-corrected chi connectivity index (χ4v) is 0.202. The van der Waals surface area contributed by atoms with E-state index in [-0.39, 0.29) is 0 Å². The van der Waals surface area contributed by atoms with Crippen LogP contribution in [-0.2, 0) is 9.53 Å². The number of alkyl halides is 3. The Morgan fingerprint density at radius 2 is 1.90 bits per heavy atom. The summed E-state index contributed by atoms with van der Waals surface area (Å²) >= 11 is 0. The molecule has 0 radical (unpaired) electrons.